The Labute approximate surface area is 195 Å². The van der Waals surface area contributed by atoms with Gasteiger partial charge in [0.15, 0.2) is 0 Å². The topological polar surface area (TPSA) is 149 Å². The molecule has 0 amide bonds. The smallest absolute Gasteiger partial charge is 0.336 e. The first-order valence-corrected chi connectivity index (χ1v) is 12.0. The van der Waals surface area contributed by atoms with Crippen LogP contribution in [0.4, 0.5) is 0 Å². The fourth-order valence-corrected chi connectivity index (χ4v) is 4.77. The predicted octanol–water partition coefficient (Wildman–Crippen LogP) is 4.14. The van der Waals surface area contributed by atoms with Gasteiger partial charge >= 0.3 is 23.9 Å². The molecule has 0 aliphatic carbocycles. The third-order valence-electron chi connectivity index (χ3n) is 4.97. The Kier molecular flexibility index (Phi) is 10.1. The second-order valence-corrected chi connectivity index (χ2v) is 11.7. The van der Waals surface area contributed by atoms with E-state index in [0.717, 1.165) is 0 Å². The Morgan fingerprint density at radius 2 is 1.22 bits per heavy atom. The van der Waals surface area contributed by atoms with E-state index in [1.807, 2.05) is 0 Å². The molecule has 0 aromatic heterocycles. The van der Waals surface area contributed by atoms with Crippen LogP contribution in [0.3, 0.4) is 0 Å². The van der Waals surface area contributed by atoms with Crippen molar-refractivity contribution in [2.24, 2.45) is 0 Å². The molecular weight excluding hydrogens is 456 g/mol. The van der Waals surface area contributed by atoms with Crippen LogP contribution in [0.15, 0.2) is 12.1 Å². The van der Waals surface area contributed by atoms with E-state index in [-0.39, 0.29) is 11.1 Å². The highest BCUT2D eigenvalue weighted by molar-refractivity contribution is 8.01. The third kappa shape index (κ3) is 7.74. The molecule has 1 aromatic carbocycles. The molecule has 0 heterocycles. The maximum Gasteiger partial charge on any atom is 0.336 e. The van der Waals surface area contributed by atoms with Crippen molar-refractivity contribution >= 4 is 47.4 Å². The van der Waals surface area contributed by atoms with Crippen molar-refractivity contribution in [1.29, 1.82) is 0 Å². The standard InChI is InChI=1S/C22H30O8S2/c1-21(2,19(27)28)31-11-5-7-13-9-10-15(17(23)24)16(18(25)26)14(13)8-6-12-32-22(3,4)20(29)30/h9-10H,5-8,11-12H2,1-4H3,(H,23,24)(H,25,26)(H,27,28)(H,29,30). The molecule has 0 atom stereocenters. The van der Waals surface area contributed by atoms with Crippen molar-refractivity contribution in [3.8, 4) is 0 Å². The molecule has 0 spiro atoms. The first kappa shape index (κ1) is 27.8. The maximum absolute atomic E-state index is 11.9. The van der Waals surface area contributed by atoms with Gasteiger partial charge < -0.3 is 20.4 Å². The zero-order valence-corrected chi connectivity index (χ0v) is 20.3. The summed E-state index contributed by atoms with van der Waals surface area (Å²) in [6, 6.07) is 2.91. The maximum atomic E-state index is 11.9. The lowest BCUT2D eigenvalue weighted by molar-refractivity contribution is -0.139. The summed E-state index contributed by atoms with van der Waals surface area (Å²) in [5, 5.41) is 37.6. The van der Waals surface area contributed by atoms with Gasteiger partial charge in [0.05, 0.1) is 11.1 Å². The minimum atomic E-state index is -1.32. The van der Waals surface area contributed by atoms with E-state index in [2.05, 4.69) is 0 Å². The van der Waals surface area contributed by atoms with Crippen molar-refractivity contribution in [3.05, 3.63) is 34.4 Å². The van der Waals surface area contributed by atoms with Gasteiger partial charge in [-0.25, -0.2) is 9.59 Å². The van der Waals surface area contributed by atoms with E-state index in [9.17, 15) is 39.6 Å². The molecule has 4 N–H and O–H groups in total. The van der Waals surface area contributed by atoms with Gasteiger partial charge in [0, 0.05) is 0 Å². The molecule has 0 bridgehead atoms. The number of benzene rings is 1. The van der Waals surface area contributed by atoms with Crippen LogP contribution in [-0.2, 0) is 22.4 Å². The number of carboxylic acid groups (broad SMARTS) is 4. The number of carboxylic acids is 4. The highest BCUT2D eigenvalue weighted by Crippen LogP contribution is 2.29. The molecule has 0 saturated heterocycles. The minimum Gasteiger partial charge on any atom is -0.480 e. The van der Waals surface area contributed by atoms with Gasteiger partial charge in [0.2, 0.25) is 0 Å². The first-order chi connectivity index (χ1) is 14.7. The minimum absolute atomic E-state index is 0.240. The van der Waals surface area contributed by atoms with E-state index < -0.39 is 33.4 Å². The van der Waals surface area contributed by atoms with Crippen molar-refractivity contribution in [3.63, 3.8) is 0 Å². The van der Waals surface area contributed by atoms with Crippen LogP contribution >= 0.6 is 23.5 Å². The number of hydrogen-bond donors (Lipinski definition) is 4. The quantitative estimate of drug-likeness (QED) is 0.283. The monoisotopic (exact) mass is 486 g/mol. The summed E-state index contributed by atoms with van der Waals surface area (Å²) in [5.74, 6) is -3.48. The van der Waals surface area contributed by atoms with E-state index in [1.165, 1.54) is 29.6 Å². The lowest BCUT2D eigenvalue weighted by Gasteiger charge is -2.20. The summed E-state index contributed by atoms with van der Waals surface area (Å²) in [6.45, 7) is 6.42. The number of carbonyl (C=O) groups is 4. The molecule has 178 valence electrons. The number of aromatic carboxylic acids is 2. The zero-order valence-electron chi connectivity index (χ0n) is 18.6. The summed E-state index contributed by atoms with van der Waals surface area (Å²) in [4.78, 5) is 46.0. The van der Waals surface area contributed by atoms with E-state index in [4.69, 9.17) is 0 Å². The summed E-state index contributed by atoms with van der Waals surface area (Å²) >= 11 is 2.53. The van der Waals surface area contributed by atoms with E-state index in [1.54, 1.807) is 33.8 Å². The normalized spacial score (nSPS) is 11.9. The van der Waals surface area contributed by atoms with Crippen LogP contribution in [0.1, 0.15) is 72.4 Å². The number of aryl methyl sites for hydroxylation is 1. The van der Waals surface area contributed by atoms with Gasteiger partial charge in [0.1, 0.15) is 9.49 Å². The van der Waals surface area contributed by atoms with E-state index >= 15 is 0 Å². The van der Waals surface area contributed by atoms with Gasteiger partial charge in [-0.2, -0.15) is 0 Å². The largest absolute Gasteiger partial charge is 0.480 e. The molecule has 0 aliphatic heterocycles. The highest BCUT2D eigenvalue weighted by Gasteiger charge is 2.29. The van der Waals surface area contributed by atoms with Crippen LogP contribution < -0.4 is 0 Å². The average molecular weight is 487 g/mol. The molecule has 1 rings (SSSR count). The van der Waals surface area contributed by atoms with Crippen molar-refractivity contribution in [1.82, 2.24) is 0 Å². The molecule has 8 nitrogen and oxygen atoms in total. The van der Waals surface area contributed by atoms with Gasteiger partial charge in [-0.15, -0.1) is 23.5 Å². The van der Waals surface area contributed by atoms with Gasteiger partial charge in [-0.3, -0.25) is 9.59 Å². The second-order valence-electron chi connectivity index (χ2n) is 8.27. The molecule has 0 radical (unpaired) electrons. The van der Waals surface area contributed by atoms with Gasteiger partial charge in [0.25, 0.3) is 0 Å². The average Bonchev–Trinajstić information content (AvgIpc) is 2.67. The molecule has 32 heavy (non-hydrogen) atoms. The molecule has 0 fully saturated rings. The van der Waals surface area contributed by atoms with Gasteiger partial charge in [-0.1, -0.05) is 6.07 Å². The van der Waals surface area contributed by atoms with Crippen LogP contribution in [0.25, 0.3) is 0 Å². The van der Waals surface area contributed by atoms with Crippen molar-refractivity contribution in [2.45, 2.75) is 62.9 Å². The Morgan fingerprint density at radius 1 is 0.750 bits per heavy atom. The second kappa shape index (κ2) is 11.6. The predicted molar refractivity (Wildman–Crippen MR) is 125 cm³/mol. The zero-order chi connectivity index (χ0) is 24.7. The number of thioether (sulfide) groups is 2. The molecule has 10 heteroatoms. The fourth-order valence-electron chi connectivity index (χ4n) is 2.92. The Morgan fingerprint density at radius 3 is 1.62 bits per heavy atom. The number of hydrogen-bond acceptors (Lipinski definition) is 6. The van der Waals surface area contributed by atoms with Crippen LogP contribution in [0.2, 0.25) is 0 Å². The summed E-state index contributed by atoms with van der Waals surface area (Å²) < 4.78 is -1.91. The summed E-state index contributed by atoms with van der Waals surface area (Å²) in [7, 11) is 0. The van der Waals surface area contributed by atoms with E-state index in [0.29, 0.717) is 48.3 Å². The van der Waals surface area contributed by atoms with Crippen molar-refractivity contribution in [2.75, 3.05) is 11.5 Å². The molecule has 1 aromatic rings. The summed E-state index contributed by atoms with van der Waals surface area (Å²) in [5.41, 5.74) is 0.629. The lowest BCUT2D eigenvalue weighted by Crippen LogP contribution is -2.27. The molecule has 0 aliphatic rings. The first-order valence-electron chi connectivity index (χ1n) is 10.1. The third-order valence-corrected chi connectivity index (χ3v) is 7.75. The Bertz CT molecular complexity index is 877. The van der Waals surface area contributed by atoms with Crippen LogP contribution in [-0.4, -0.2) is 65.3 Å². The SMILES string of the molecule is CC(C)(SCCCc1ccc(C(=O)O)c(C(=O)O)c1CCCSC(C)(C)C(=O)O)C(=O)O. The number of aliphatic carboxylic acids is 2. The lowest BCUT2D eigenvalue weighted by atomic mass is 9.91. The highest BCUT2D eigenvalue weighted by atomic mass is 32.2. The van der Waals surface area contributed by atoms with Crippen LogP contribution in [0.5, 0.6) is 0 Å². The molecule has 0 unspecified atom stereocenters. The molecular formula is C22H30O8S2. The van der Waals surface area contributed by atoms with Gasteiger partial charge in [-0.05, 0) is 82.1 Å². The number of rotatable bonds is 14. The van der Waals surface area contributed by atoms with Crippen molar-refractivity contribution < 1.29 is 39.6 Å². The fraction of sp³-hybridized carbons (Fsp3) is 0.545. The summed E-state index contributed by atoms with van der Waals surface area (Å²) in [6.07, 6.45) is 1.86. The molecule has 0 saturated carbocycles. The Hall–Kier alpha value is -2.20. The Balaban J connectivity index is 3.05. The van der Waals surface area contributed by atoms with Crippen LogP contribution in [0, 0.1) is 0 Å².